The van der Waals surface area contributed by atoms with Gasteiger partial charge >= 0.3 is 0 Å². The van der Waals surface area contributed by atoms with Gasteiger partial charge in [-0.25, -0.2) is 0 Å². The molecule has 2 nitrogen and oxygen atoms in total. The van der Waals surface area contributed by atoms with Crippen LogP contribution in [0.1, 0.15) is 20.3 Å². The highest BCUT2D eigenvalue weighted by atomic mass is 16.5. The third-order valence-electron chi connectivity index (χ3n) is 1.90. The van der Waals surface area contributed by atoms with E-state index in [0.717, 1.165) is 13.0 Å². The first-order valence-corrected chi connectivity index (χ1v) is 3.34. The fourth-order valence-electron chi connectivity index (χ4n) is 1.27. The molecule has 1 fully saturated rings. The Kier molecular flexibility index (Phi) is 1.86. The summed E-state index contributed by atoms with van der Waals surface area (Å²) in [6.45, 7) is 4.35. The molecule has 0 bridgehead atoms. The molecule has 0 aromatic rings. The Labute approximate surface area is 55.2 Å². The second-order valence-electron chi connectivity index (χ2n) is 2.58. The molecule has 1 aliphatic rings. The third kappa shape index (κ3) is 1.30. The number of ketones is 1. The highest BCUT2D eigenvalue weighted by Gasteiger charge is 2.27. The van der Waals surface area contributed by atoms with Crippen molar-refractivity contribution in [2.45, 2.75) is 26.4 Å². The summed E-state index contributed by atoms with van der Waals surface area (Å²) in [5, 5.41) is 0. The fourth-order valence-corrected chi connectivity index (χ4v) is 1.27. The molecule has 2 unspecified atom stereocenters. The van der Waals surface area contributed by atoms with Crippen molar-refractivity contribution in [1.29, 1.82) is 0 Å². The van der Waals surface area contributed by atoms with Crippen LogP contribution in [0.5, 0.6) is 0 Å². The van der Waals surface area contributed by atoms with Crippen LogP contribution in [0.3, 0.4) is 0 Å². The predicted molar refractivity (Wildman–Crippen MR) is 34.2 cm³/mol. The monoisotopic (exact) mass is 128 g/mol. The van der Waals surface area contributed by atoms with Crippen LogP contribution in [0, 0.1) is 5.92 Å². The third-order valence-corrected chi connectivity index (χ3v) is 1.90. The summed E-state index contributed by atoms with van der Waals surface area (Å²) in [4.78, 5) is 10.8. The van der Waals surface area contributed by atoms with Crippen LogP contribution in [-0.4, -0.2) is 18.5 Å². The van der Waals surface area contributed by atoms with Gasteiger partial charge in [0, 0.05) is 12.5 Å². The minimum atomic E-state index is 0.155. The van der Waals surface area contributed by atoms with E-state index in [4.69, 9.17) is 4.74 Å². The molecule has 0 spiro atoms. The van der Waals surface area contributed by atoms with Crippen LogP contribution in [0.25, 0.3) is 0 Å². The average molecular weight is 128 g/mol. The molecule has 0 aromatic heterocycles. The molecule has 0 radical (unpaired) electrons. The van der Waals surface area contributed by atoms with Crippen LogP contribution < -0.4 is 0 Å². The highest BCUT2D eigenvalue weighted by Crippen LogP contribution is 2.20. The number of rotatable bonds is 1. The van der Waals surface area contributed by atoms with Gasteiger partial charge in [0.2, 0.25) is 0 Å². The lowest BCUT2D eigenvalue weighted by Gasteiger charge is -2.08. The summed E-state index contributed by atoms with van der Waals surface area (Å²) < 4.78 is 5.21. The summed E-state index contributed by atoms with van der Waals surface area (Å²) in [6.07, 6.45) is 1.07. The van der Waals surface area contributed by atoms with Gasteiger partial charge in [-0.3, -0.25) is 4.79 Å². The van der Waals surface area contributed by atoms with Crippen molar-refractivity contribution in [3.8, 4) is 0 Å². The van der Waals surface area contributed by atoms with Crippen molar-refractivity contribution >= 4 is 5.78 Å². The van der Waals surface area contributed by atoms with Crippen LogP contribution in [0.2, 0.25) is 0 Å². The summed E-state index contributed by atoms with van der Waals surface area (Å²) >= 11 is 0. The Bertz CT molecular complexity index is 120. The van der Waals surface area contributed by atoms with Crippen molar-refractivity contribution < 1.29 is 9.53 Å². The number of carbonyl (C=O) groups excluding carboxylic acids is 1. The van der Waals surface area contributed by atoms with E-state index >= 15 is 0 Å². The van der Waals surface area contributed by atoms with E-state index in [1.54, 1.807) is 6.92 Å². The van der Waals surface area contributed by atoms with Crippen LogP contribution >= 0.6 is 0 Å². The van der Waals surface area contributed by atoms with Crippen LogP contribution in [0.4, 0.5) is 0 Å². The highest BCUT2D eigenvalue weighted by molar-refractivity contribution is 5.79. The van der Waals surface area contributed by atoms with Crippen molar-refractivity contribution in [1.82, 2.24) is 0 Å². The van der Waals surface area contributed by atoms with Gasteiger partial charge in [0.25, 0.3) is 0 Å². The second kappa shape index (κ2) is 2.48. The Morgan fingerprint density at radius 3 is 2.56 bits per heavy atom. The Morgan fingerprint density at radius 1 is 1.67 bits per heavy atom. The minimum absolute atomic E-state index is 0.155. The summed E-state index contributed by atoms with van der Waals surface area (Å²) in [7, 11) is 0. The molecule has 2 atom stereocenters. The maximum atomic E-state index is 10.8. The topological polar surface area (TPSA) is 26.3 Å². The van der Waals surface area contributed by atoms with Crippen molar-refractivity contribution in [3.05, 3.63) is 0 Å². The number of Topliss-reactive ketones (excluding diaryl/α,β-unsaturated/α-hetero) is 1. The Hall–Kier alpha value is -0.370. The van der Waals surface area contributed by atoms with Crippen LogP contribution in [0.15, 0.2) is 0 Å². The Morgan fingerprint density at radius 2 is 2.33 bits per heavy atom. The number of hydrogen-bond acceptors (Lipinski definition) is 2. The van der Waals surface area contributed by atoms with Crippen LogP contribution in [-0.2, 0) is 9.53 Å². The first kappa shape index (κ1) is 6.75. The molecule has 0 amide bonds. The van der Waals surface area contributed by atoms with E-state index in [-0.39, 0.29) is 17.8 Å². The maximum absolute atomic E-state index is 10.8. The second-order valence-corrected chi connectivity index (χ2v) is 2.58. The molecule has 0 saturated carbocycles. The average Bonchev–Trinajstić information content (AvgIpc) is 2.13. The zero-order valence-electron chi connectivity index (χ0n) is 5.89. The van der Waals surface area contributed by atoms with Gasteiger partial charge in [-0.1, -0.05) is 0 Å². The molecule has 1 heterocycles. The first-order chi connectivity index (χ1) is 4.22. The molecule has 0 aromatic carbocycles. The smallest absolute Gasteiger partial charge is 0.135 e. The van der Waals surface area contributed by atoms with Crippen molar-refractivity contribution in [3.63, 3.8) is 0 Å². The van der Waals surface area contributed by atoms with Gasteiger partial charge in [-0.15, -0.1) is 0 Å². The molecule has 2 heteroatoms. The zero-order valence-corrected chi connectivity index (χ0v) is 5.89. The first-order valence-electron chi connectivity index (χ1n) is 3.34. The number of hydrogen-bond donors (Lipinski definition) is 0. The van der Waals surface area contributed by atoms with Gasteiger partial charge in [0.1, 0.15) is 5.78 Å². The largest absolute Gasteiger partial charge is 0.378 e. The van der Waals surface area contributed by atoms with E-state index in [1.807, 2.05) is 6.92 Å². The summed E-state index contributed by atoms with van der Waals surface area (Å²) in [5.41, 5.74) is 0. The van der Waals surface area contributed by atoms with Gasteiger partial charge in [-0.2, -0.15) is 0 Å². The lowest BCUT2D eigenvalue weighted by molar-refractivity contribution is -0.122. The van der Waals surface area contributed by atoms with E-state index < -0.39 is 0 Å². The quantitative estimate of drug-likeness (QED) is 0.526. The number of ether oxygens (including phenoxy) is 1. The molecule has 0 N–H and O–H groups in total. The molecule has 1 saturated heterocycles. The SMILES string of the molecule is CC(=O)C1CCOC1C. The molecule has 0 aliphatic carbocycles. The molecule has 52 valence electrons. The minimum Gasteiger partial charge on any atom is -0.378 e. The van der Waals surface area contributed by atoms with E-state index in [1.165, 1.54) is 0 Å². The van der Waals surface area contributed by atoms with Crippen molar-refractivity contribution in [2.75, 3.05) is 6.61 Å². The maximum Gasteiger partial charge on any atom is 0.135 e. The molecular weight excluding hydrogens is 116 g/mol. The van der Waals surface area contributed by atoms with Gasteiger partial charge in [0.05, 0.1) is 6.10 Å². The summed E-state index contributed by atoms with van der Waals surface area (Å²) in [5.74, 6) is 0.435. The van der Waals surface area contributed by atoms with Gasteiger partial charge < -0.3 is 4.74 Å². The summed E-state index contributed by atoms with van der Waals surface area (Å²) in [6, 6.07) is 0. The predicted octanol–water partition coefficient (Wildman–Crippen LogP) is 1.00. The lowest BCUT2D eigenvalue weighted by Crippen LogP contribution is -2.18. The standard InChI is InChI=1S/C7H12O2/c1-5(8)7-3-4-9-6(7)2/h6-7H,3-4H2,1-2H3. The van der Waals surface area contributed by atoms with Gasteiger partial charge in [0.15, 0.2) is 0 Å². The van der Waals surface area contributed by atoms with E-state index in [2.05, 4.69) is 0 Å². The molecular formula is C7H12O2. The molecule has 1 rings (SSSR count). The normalized spacial score (nSPS) is 34.9. The van der Waals surface area contributed by atoms with Crippen molar-refractivity contribution in [2.24, 2.45) is 5.92 Å². The Balaban J connectivity index is 2.49. The van der Waals surface area contributed by atoms with Gasteiger partial charge in [-0.05, 0) is 20.3 Å². The fraction of sp³-hybridized carbons (Fsp3) is 0.857. The molecule has 9 heavy (non-hydrogen) atoms. The van der Waals surface area contributed by atoms with E-state index in [0.29, 0.717) is 0 Å². The number of carbonyl (C=O) groups is 1. The zero-order chi connectivity index (χ0) is 6.85. The lowest BCUT2D eigenvalue weighted by atomic mass is 9.99. The van der Waals surface area contributed by atoms with E-state index in [9.17, 15) is 4.79 Å². The molecule has 1 aliphatic heterocycles.